The molecule has 6 nitrogen and oxygen atoms in total. The van der Waals surface area contributed by atoms with Gasteiger partial charge in [0.05, 0.1) is 4.90 Å². The van der Waals surface area contributed by atoms with E-state index >= 15 is 0 Å². The van der Waals surface area contributed by atoms with E-state index in [9.17, 15) is 13.2 Å². The molecule has 1 saturated carbocycles. The lowest BCUT2D eigenvalue weighted by molar-refractivity contribution is -0.118. The maximum Gasteiger partial charge on any atom is 0.262 e. The van der Waals surface area contributed by atoms with Crippen LogP contribution in [-0.4, -0.2) is 27.0 Å². The fraction of sp³-hybridized carbons (Fsp3) is 0.381. The summed E-state index contributed by atoms with van der Waals surface area (Å²) in [4.78, 5) is 12.4. The summed E-state index contributed by atoms with van der Waals surface area (Å²) in [7, 11) is -3.53. The van der Waals surface area contributed by atoms with E-state index in [-0.39, 0.29) is 23.5 Å². The third-order valence-electron chi connectivity index (χ3n) is 4.94. The Balaban J connectivity index is 1.57. The lowest BCUT2D eigenvalue weighted by Gasteiger charge is -2.14. The number of nitrogens with one attached hydrogen (secondary N) is 2. The fourth-order valence-electron chi connectivity index (χ4n) is 3.48. The van der Waals surface area contributed by atoms with Gasteiger partial charge in [-0.2, -0.15) is 0 Å². The number of carbonyl (C=O) groups is 1. The number of ether oxygens (including phenoxy) is 1. The molecule has 0 saturated heterocycles. The van der Waals surface area contributed by atoms with Crippen molar-refractivity contribution in [2.75, 3.05) is 11.9 Å². The zero-order valence-electron chi connectivity index (χ0n) is 16.5. The number of aryl methyl sites for hydroxylation is 2. The molecule has 3 rings (SSSR count). The fourth-order valence-corrected chi connectivity index (χ4v) is 5.47. The smallest absolute Gasteiger partial charge is 0.262 e. The van der Waals surface area contributed by atoms with Crippen LogP contribution in [0, 0.1) is 13.8 Å². The molecule has 1 fully saturated rings. The van der Waals surface area contributed by atoms with E-state index in [2.05, 4.69) is 26.0 Å². The minimum atomic E-state index is -3.53. The van der Waals surface area contributed by atoms with Crippen LogP contribution in [-0.2, 0) is 14.8 Å². The molecule has 8 heteroatoms. The second-order valence-electron chi connectivity index (χ2n) is 7.33. The molecule has 29 heavy (non-hydrogen) atoms. The summed E-state index contributed by atoms with van der Waals surface area (Å²) in [6, 6.07) is 10.00. The van der Waals surface area contributed by atoms with Gasteiger partial charge in [0.1, 0.15) is 5.75 Å². The molecule has 0 unspecified atom stereocenters. The Morgan fingerprint density at radius 1 is 1.10 bits per heavy atom. The van der Waals surface area contributed by atoms with Gasteiger partial charge in [-0.05, 0) is 74.2 Å². The molecule has 1 amide bonds. The number of sulfonamides is 1. The van der Waals surface area contributed by atoms with Crippen molar-refractivity contribution in [3.63, 3.8) is 0 Å². The summed E-state index contributed by atoms with van der Waals surface area (Å²) in [5.74, 6) is 0.155. The lowest BCUT2D eigenvalue weighted by atomic mass is 10.1. The van der Waals surface area contributed by atoms with Crippen LogP contribution in [0.25, 0.3) is 0 Å². The van der Waals surface area contributed by atoms with Crippen molar-refractivity contribution >= 4 is 37.5 Å². The van der Waals surface area contributed by atoms with E-state index in [1.165, 1.54) is 12.1 Å². The summed E-state index contributed by atoms with van der Waals surface area (Å²) in [5, 5.41) is 2.86. The molecule has 1 aliphatic rings. The number of benzene rings is 2. The van der Waals surface area contributed by atoms with Crippen LogP contribution < -0.4 is 14.8 Å². The monoisotopic (exact) mass is 480 g/mol. The Labute approximate surface area is 180 Å². The van der Waals surface area contributed by atoms with Crippen molar-refractivity contribution in [1.29, 1.82) is 0 Å². The first kappa shape index (κ1) is 21.8. The van der Waals surface area contributed by atoms with Gasteiger partial charge in [-0.25, -0.2) is 13.1 Å². The summed E-state index contributed by atoms with van der Waals surface area (Å²) < 4.78 is 34.1. The first-order valence-electron chi connectivity index (χ1n) is 9.56. The number of carbonyl (C=O) groups excluding carboxylic acids is 1. The first-order valence-corrected chi connectivity index (χ1v) is 11.8. The molecule has 0 aromatic heterocycles. The largest absolute Gasteiger partial charge is 0.484 e. The maximum absolute atomic E-state index is 12.4. The van der Waals surface area contributed by atoms with E-state index in [1.54, 1.807) is 12.1 Å². The van der Waals surface area contributed by atoms with Gasteiger partial charge in [0.15, 0.2) is 6.61 Å². The van der Waals surface area contributed by atoms with Gasteiger partial charge in [0.2, 0.25) is 10.0 Å². The van der Waals surface area contributed by atoms with Crippen molar-refractivity contribution in [2.45, 2.75) is 50.5 Å². The maximum atomic E-state index is 12.4. The zero-order valence-corrected chi connectivity index (χ0v) is 18.9. The van der Waals surface area contributed by atoms with Gasteiger partial charge in [-0.15, -0.1) is 0 Å². The molecule has 0 atom stereocenters. The Morgan fingerprint density at radius 2 is 1.69 bits per heavy atom. The normalized spacial score (nSPS) is 14.7. The molecule has 2 aromatic rings. The van der Waals surface area contributed by atoms with E-state index < -0.39 is 10.0 Å². The number of halogens is 1. The highest BCUT2D eigenvalue weighted by Crippen LogP contribution is 2.25. The topological polar surface area (TPSA) is 84.5 Å². The van der Waals surface area contributed by atoms with Crippen LogP contribution in [0.2, 0.25) is 0 Å². The highest BCUT2D eigenvalue weighted by atomic mass is 79.9. The Kier molecular flexibility index (Phi) is 6.97. The van der Waals surface area contributed by atoms with Crippen molar-refractivity contribution < 1.29 is 17.9 Å². The molecule has 1 aliphatic carbocycles. The number of hydrogen-bond donors (Lipinski definition) is 2. The quantitative estimate of drug-likeness (QED) is 0.618. The molecular formula is C21H25BrN2O4S. The van der Waals surface area contributed by atoms with Gasteiger partial charge in [-0.1, -0.05) is 28.8 Å². The summed E-state index contributed by atoms with van der Waals surface area (Å²) in [6.45, 7) is 3.68. The molecule has 0 radical (unpaired) electrons. The predicted molar refractivity (Wildman–Crippen MR) is 117 cm³/mol. The molecule has 0 bridgehead atoms. The molecule has 2 aromatic carbocycles. The molecule has 156 valence electrons. The molecule has 0 aliphatic heterocycles. The van der Waals surface area contributed by atoms with Crippen LogP contribution in [0.5, 0.6) is 5.75 Å². The van der Waals surface area contributed by atoms with Crippen molar-refractivity contribution in [1.82, 2.24) is 4.72 Å². The van der Waals surface area contributed by atoms with Crippen LogP contribution in [0.3, 0.4) is 0 Å². The number of hydrogen-bond acceptors (Lipinski definition) is 4. The Morgan fingerprint density at radius 3 is 2.28 bits per heavy atom. The lowest BCUT2D eigenvalue weighted by Crippen LogP contribution is -2.32. The SMILES string of the molecule is Cc1cc(Br)cc(C)c1NC(=O)COc1ccc(S(=O)(=O)NC2CCCC2)cc1. The summed E-state index contributed by atoms with van der Waals surface area (Å²) in [5.41, 5.74) is 2.67. The van der Waals surface area contributed by atoms with E-state index in [4.69, 9.17) is 4.74 Å². The first-order chi connectivity index (χ1) is 13.7. The Hall–Kier alpha value is -1.90. The van der Waals surface area contributed by atoms with Gasteiger partial charge >= 0.3 is 0 Å². The molecular weight excluding hydrogens is 456 g/mol. The van der Waals surface area contributed by atoms with E-state index in [0.29, 0.717) is 5.75 Å². The van der Waals surface area contributed by atoms with Crippen LogP contribution >= 0.6 is 15.9 Å². The summed E-state index contributed by atoms with van der Waals surface area (Å²) in [6.07, 6.45) is 3.88. The molecule has 2 N–H and O–H groups in total. The number of anilines is 1. The highest BCUT2D eigenvalue weighted by molar-refractivity contribution is 9.10. The molecule has 0 spiro atoms. The highest BCUT2D eigenvalue weighted by Gasteiger charge is 2.22. The van der Waals surface area contributed by atoms with Crippen molar-refractivity contribution in [3.8, 4) is 5.75 Å². The Bertz CT molecular complexity index is 961. The summed E-state index contributed by atoms with van der Waals surface area (Å²) >= 11 is 3.43. The standard InChI is InChI=1S/C21H25BrN2O4S/c1-14-11-16(22)12-15(2)21(14)23-20(25)13-28-18-7-9-19(10-8-18)29(26,27)24-17-5-3-4-6-17/h7-12,17,24H,3-6,13H2,1-2H3,(H,23,25). The van der Waals surface area contributed by atoms with E-state index in [1.807, 2.05) is 26.0 Å². The van der Waals surface area contributed by atoms with Gasteiger partial charge in [0.25, 0.3) is 5.91 Å². The minimum absolute atomic E-state index is 0.0187. The van der Waals surface area contributed by atoms with Gasteiger partial charge in [-0.3, -0.25) is 4.79 Å². The number of rotatable bonds is 7. The minimum Gasteiger partial charge on any atom is -0.484 e. The predicted octanol–water partition coefficient (Wildman–Crippen LogP) is 4.30. The van der Waals surface area contributed by atoms with Crippen LogP contribution in [0.15, 0.2) is 45.8 Å². The average Bonchev–Trinajstić information content (AvgIpc) is 3.15. The molecule has 0 heterocycles. The van der Waals surface area contributed by atoms with Gasteiger partial charge < -0.3 is 10.1 Å². The van der Waals surface area contributed by atoms with Crippen molar-refractivity contribution in [2.24, 2.45) is 0 Å². The third kappa shape index (κ3) is 5.81. The van der Waals surface area contributed by atoms with Crippen LogP contribution in [0.4, 0.5) is 5.69 Å². The second kappa shape index (κ2) is 9.28. The zero-order chi connectivity index (χ0) is 21.0. The van der Waals surface area contributed by atoms with E-state index in [0.717, 1.165) is 47.0 Å². The average molecular weight is 481 g/mol. The van der Waals surface area contributed by atoms with Gasteiger partial charge in [0, 0.05) is 16.2 Å². The van der Waals surface area contributed by atoms with Crippen LogP contribution in [0.1, 0.15) is 36.8 Å². The third-order valence-corrected chi connectivity index (χ3v) is 6.94. The number of amides is 1. The van der Waals surface area contributed by atoms with Crippen molar-refractivity contribution in [3.05, 3.63) is 52.0 Å². The second-order valence-corrected chi connectivity index (χ2v) is 9.96.